The van der Waals surface area contributed by atoms with Gasteiger partial charge in [-0.15, -0.1) is 0 Å². The molecule has 1 N–H and O–H groups in total. The van der Waals surface area contributed by atoms with E-state index >= 15 is 0 Å². The molecule has 19 heavy (non-hydrogen) atoms. The summed E-state index contributed by atoms with van der Waals surface area (Å²) in [6, 6.07) is 4.80. The van der Waals surface area contributed by atoms with E-state index < -0.39 is 17.0 Å². The largest absolute Gasteiger partial charge is 0.479 e. The third-order valence-corrected chi connectivity index (χ3v) is 3.16. The Morgan fingerprint density at radius 2 is 2.32 bits per heavy atom. The van der Waals surface area contributed by atoms with Gasteiger partial charge in [0.25, 0.3) is 5.69 Å². The molecule has 1 heterocycles. The van der Waals surface area contributed by atoms with Gasteiger partial charge in [-0.2, -0.15) is 0 Å². The average Bonchev–Trinajstić information content (AvgIpc) is 2.38. The van der Waals surface area contributed by atoms with Gasteiger partial charge in [0.1, 0.15) is 0 Å². The summed E-state index contributed by atoms with van der Waals surface area (Å²) < 4.78 is 5.13. The number of ether oxygens (including phenoxy) is 1. The smallest absolute Gasteiger partial charge is 0.334 e. The standard InChI is InChI=1S/C12H14N2O5/c1-8-9(3-2-4-10(8)14(17)18)13-5-6-19-11(7-13)12(15)16/h2-4,11H,5-7H2,1H3,(H,15,16). The Balaban J connectivity index is 2.29. The zero-order valence-corrected chi connectivity index (χ0v) is 10.4. The van der Waals surface area contributed by atoms with Crippen LogP contribution in [0.3, 0.4) is 0 Å². The van der Waals surface area contributed by atoms with Crippen molar-refractivity contribution in [2.45, 2.75) is 13.0 Å². The summed E-state index contributed by atoms with van der Waals surface area (Å²) in [5, 5.41) is 19.9. The lowest BCUT2D eigenvalue weighted by molar-refractivity contribution is -0.385. The van der Waals surface area contributed by atoms with Crippen molar-refractivity contribution in [1.82, 2.24) is 0 Å². The maximum Gasteiger partial charge on any atom is 0.334 e. The summed E-state index contributed by atoms with van der Waals surface area (Å²) in [6.45, 7) is 2.67. The third kappa shape index (κ3) is 2.65. The first-order valence-electron chi connectivity index (χ1n) is 5.84. The Kier molecular flexibility index (Phi) is 3.66. The highest BCUT2D eigenvalue weighted by Crippen LogP contribution is 2.29. The first-order valence-corrected chi connectivity index (χ1v) is 5.84. The Morgan fingerprint density at radius 1 is 1.58 bits per heavy atom. The van der Waals surface area contributed by atoms with E-state index in [1.165, 1.54) is 6.07 Å². The van der Waals surface area contributed by atoms with E-state index in [0.717, 1.165) is 0 Å². The van der Waals surface area contributed by atoms with Gasteiger partial charge in [0, 0.05) is 18.3 Å². The first-order chi connectivity index (χ1) is 9.00. The molecule has 1 saturated heterocycles. The van der Waals surface area contributed by atoms with Gasteiger partial charge >= 0.3 is 5.97 Å². The molecular weight excluding hydrogens is 252 g/mol. The molecule has 1 atom stereocenters. The van der Waals surface area contributed by atoms with Crippen LogP contribution in [-0.2, 0) is 9.53 Å². The van der Waals surface area contributed by atoms with Crippen molar-refractivity contribution < 1.29 is 19.6 Å². The molecule has 7 nitrogen and oxygen atoms in total. The normalized spacial score (nSPS) is 19.2. The van der Waals surface area contributed by atoms with Gasteiger partial charge in [-0.1, -0.05) is 6.07 Å². The number of carbonyl (C=O) groups is 1. The fourth-order valence-corrected chi connectivity index (χ4v) is 2.17. The lowest BCUT2D eigenvalue weighted by atomic mass is 10.1. The highest BCUT2D eigenvalue weighted by Gasteiger charge is 2.28. The lowest BCUT2D eigenvalue weighted by Gasteiger charge is -2.33. The number of carboxylic acids is 1. The van der Waals surface area contributed by atoms with Gasteiger partial charge in [0.2, 0.25) is 0 Å². The van der Waals surface area contributed by atoms with Crippen LogP contribution in [0.4, 0.5) is 11.4 Å². The summed E-state index contributed by atoms with van der Waals surface area (Å²) in [5.74, 6) is -1.02. The monoisotopic (exact) mass is 266 g/mol. The minimum absolute atomic E-state index is 0.0378. The molecule has 2 rings (SSSR count). The predicted molar refractivity (Wildman–Crippen MR) is 67.4 cm³/mol. The zero-order valence-electron chi connectivity index (χ0n) is 10.4. The fraction of sp³-hybridized carbons (Fsp3) is 0.417. The van der Waals surface area contributed by atoms with Crippen LogP contribution in [-0.4, -0.2) is 41.8 Å². The average molecular weight is 266 g/mol. The summed E-state index contributed by atoms with van der Waals surface area (Å²) >= 11 is 0. The van der Waals surface area contributed by atoms with Crippen molar-refractivity contribution in [1.29, 1.82) is 0 Å². The molecule has 102 valence electrons. The summed E-state index contributed by atoms with van der Waals surface area (Å²) in [7, 11) is 0. The van der Waals surface area contributed by atoms with E-state index in [1.807, 2.05) is 4.90 Å². The van der Waals surface area contributed by atoms with Crippen LogP contribution >= 0.6 is 0 Å². The molecule has 0 amide bonds. The number of morpholine rings is 1. The van der Waals surface area contributed by atoms with Crippen LogP contribution in [0.25, 0.3) is 0 Å². The molecular formula is C12H14N2O5. The molecule has 1 aromatic rings. The maximum atomic E-state index is 10.9. The number of carboxylic acid groups (broad SMARTS) is 1. The van der Waals surface area contributed by atoms with Crippen molar-refractivity contribution in [3.05, 3.63) is 33.9 Å². The van der Waals surface area contributed by atoms with Crippen molar-refractivity contribution in [2.75, 3.05) is 24.6 Å². The van der Waals surface area contributed by atoms with E-state index in [-0.39, 0.29) is 12.2 Å². The number of nitrogens with zero attached hydrogens (tertiary/aromatic N) is 2. The van der Waals surface area contributed by atoms with Crippen LogP contribution < -0.4 is 4.90 Å². The number of nitro groups is 1. The Labute approximate surface area is 109 Å². The zero-order chi connectivity index (χ0) is 14.0. The van der Waals surface area contributed by atoms with Crippen molar-refractivity contribution in [2.24, 2.45) is 0 Å². The Bertz CT molecular complexity index is 517. The number of rotatable bonds is 3. The van der Waals surface area contributed by atoms with Gasteiger partial charge in [0.15, 0.2) is 6.10 Å². The molecule has 1 unspecified atom stereocenters. The molecule has 1 fully saturated rings. The number of hydrogen-bond donors (Lipinski definition) is 1. The number of nitro benzene ring substituents is 1. The van der Waals surface area contributed by atoms with E-state index in [4.69, 9.17) is 9.84 Å². The highest BCUT2D eigenvalue weighted by molar-refractivity contribution is 5.74. The second-order valence-corrected chi connectivity index (χ2v) is 4.32. The molecule has 0 saturated carbocycles. The van der Waals surface area contributed by atoms with Gasteiger partial charge in [-0.25, -0.2) is 4.79 Å². The molecule has 0 bridgehead atoms. The summed E-state index contributed by atoms with van der Waals surface area (Å²) in [4.78, 5) is 23.2. The van der Waals surface area contributed by atoms with Crippen LogP contribution in [0, 0.1) is 17.0 Å². The van der Waals surface area contributed by atoms with Gasteiger partial charge in [0.05, 0.1) is 23.6 Å². The third-order valence-electron chi connectivity index (χ3n) is 3.16. The minimum atomic E-state index is -1.02. The molecule has 0 aliphatic carbocycles. The van der Waals surface area contributed by atoms with Crippen molar-refractivity contribution >= 4 is 17.3 Å². The molecule has 1 aliphatic rings. The Hall–Kier alpha value is -2.15. The molecule has 0 radical (unpaired) electrons. The van der Waals surface area contributed by atoms with E-state index in [2.05, 4.69) is 0 Å². The van der Waals surface area contributed by atoms with Crippen LogP contribution in [0.15, 0.2) is 18.2 Å². The van der Waals surface area contributed by atoms with Crippen LogP contribution in [0.5, 0.6) is 0 Å². The quantitative estimate of drug-likeness (QED) is 0.652. The molecule has 0 aromatic heterocycles. The molecule has 1 aromatic carbocycles. The first kappa shape index (κ1) is 13.3. The summed E-state index contributed by atoms with van der Waals surface area (Å²) in [6.07, 6.45) is -0.896. The van der Waals surface area contributed by atoms with Crippen molar-refractivity contribution in [3.63, 3.8) is 0 Å². The predicted octanol–water partition coefficient (Wildman–Crippen LogP) is 1.19. The number of hydrogen-bond acceptors (Lipinski definition) is 5. The fourth-order valence-electron chi connectivity index (χ4n) is 2.17. The second-order valence-electron chi connectivity index (χ2n) is 4.32. The maximum absolute atomic E-state index is 10.9. The minimum Gasteiger partial charge on any atom is -0.479 e. The number of aliphatic carboxylic acids is 1. The molecule has 0 spiro atoms. The van der Waals surface area contributed by atoms with E-state index in [0.29, 0.717) is 24.4 Å². The van der Waals surface area contributed by atoms with Crippen molar-refractivity contribution in [3.8, 4) is 0 Å². The van der Waals surface area contributed by atoms with Gasteiger partial charge in [-0.3, -0.25) is 10.1 Å². The lowest BCUT2D eigenvalue weighted by Crippen LogP contribution is -2.46. The summed E-state index contributed by atoms with van der Waals surface area (Å²) in [5.41, 5.74) is 1.26. The van der Waals surface area contributed by atoms with Gasteiger partial charge < -0.3 is 14.7 Å². The second kappa shape index (κ2) is 5.23. The topological polar surface area (TPSA) is 92.9 Å². The Morgan fingerprint density at radius 3 is 2.95 bits per heavy atom. The van der Waals surface area contributed by atoms with Gasteiger partial charge in [-0.05, 0) is 13.0 Å². The molecule has 7 heteroatoms. The number of anilines is 1. The van der Waals surface area contributed by atoms with E-state index in [9.17, 15) is 14.9 Å². The van der Waals surface area contributed by atoms with Crippen LogP contribution in [0.2, 0.25) is 0 Å². The number of benzene rings is 1. The highest BCUT2D eigenvalue weighted by atomic mass is 16.6. The SMILES string of the molecule is Cc1c(N2CCOC(C(=O)O)C2)cccc1[N+](=O)[O-]. The molecule has 1 aliphatic heterocycles. The van der Waals surface area contributed by atoms with E-state index in [1.54, 1.807) is 19.1 Å². The van der Waals surface area contributed by atoms with Crippen LogP contribution in [0.1, 0.15) is 5.56 Å².